The number of aliphatic hydroxyl groups excluding tert-OH is 1. The summed E-state index contributed by atoms with van der Waals surface area (Å²) in [6.45, 7) is 3.24. The highest BCUT2D eigenvalue weighted by Gasteiger charge is 2.33. The Balaban J connectivity index is 1.04. The van der Waals surface area contributed by atoms with Crippen LogP contribution in [0, 0.1) is 0 Å². The third-order valence-electron chi connectivity index (χ3n) is 10.2. The summed E-state index contributed by atoms with van der Waals surface area (Å²) in [5, 5.41) is 20.3. The van der Waals surface area contributed by atoms with E-state index in [-0.39, 0.29) is 24.6 Å². The van der Waals surface area contributed by atoms with Crippen molar-refractivity contribution in [1.29, 1.82) is 0 Å². The zero-order valence-electron chi connectivity index (χ0n) is 30.8. The fourth-order valence-electron chi connectivity index (χ4n) is 7.32. The average molecular weight is 722 g/mol. The number of ketones is 1. The molecule has 0 aliphatic carbocycles. The molecule has 7 rings (SSSR count). The van der Waals surface area contributed by atoms with E-state index in [1.54, 1.807) is 0 Å². The molecule has 6 aromatic carbocycles. The van der Waals surface area contributed by atoms with Crippen LogP contribution in [0.15, 0.2) is 133 Å². The van der Waals surface area contributed by atoms with E-state index in [0.29, 0.717) is 25.9 Å². The maximum Gasteiger partial charge on any atom is 0.315 e. The first-order chi connectivity index (χ1) is 26.3. The molecule has 8 nitrogen and oxygen atoms in total. The number of benzene rings is 6. The van der Waals surface area contributed by atoms with E-state index in [9.17, 15) is 14.7 Å². The molecule has 1 saturated heterocycles. The van der Waals surface area contributed by atoms with Gasteiger partial charge in [-0.25, -0.2) is 4.79 Å². The van der Waals surface area contributed by atoms with Crippen LogP contribution in [0.25, 0.3) is 21.5 Å². The summed E-state index contributed by atoms with van der Waals surface area (Å²) >= 11 is 0. The van der Waals surface area contributed by atoms with Gasteiger partial charge in [-0.1, -0.05) is 127 Å². The molecule has 0 spiro atoms. The summed E-state index contributed by atoms with van der Waals surface area (Å²) in [4.78, 5) is 27.4. The van der Waals surface area contributed by atoms with Gasteiger partial charge in [-0.3, -0.25) is 9.69 Å². The summed E-state index contributed by atoms with van der Waals surface area (Å²) in [6, 6.07) is 43.9. The number of nitrogens with zero attached hydrogens (tertiary/aromatic N) is 1. The minimum atomic E-state index is -0.610. The number of fused-ring (bicyclic) bond motifs is 2. The maximum atomic E-state index is 12.8. The van der Waals surface area contributed by atoms with Crippen LogP contribution in [-0.2, 0) is 40.4 Å². The number of likely N-dealkylation sites (N-methyl/N-ethyl adjacent to an activating group) is 1. The molecule has 1 aliphatic heterocycles. The monoisotopic (exact) mass is 721 g/mol. The number of ether oxygens (including phenoxy) is 2. The van der Waals surface area contributed by atoms with E-state index < -0.39 is 18.4 Å². The van der Waals surface area contributed by atoms with Gasteiger partial charge in [0, 0.05) is 31.6 Å². The van der Waals surface area contributed by atoms with E-state index in [4.69, 9.17) is 9.47 Å². The second-order valence-corrected chi connectivity index (χ2v) is 14.3. The number of hydrogen-bond acceptors (Lipinski definition) is 6. The normalized spacial score (nSPS) is 17.7. The van der Waals surface area contributed by atoms with Crippen molar-refractivity contribution in [2.75, 3.05) is 13.6 Å². The largest absolute Gasteiger partial charge is 0.392 e. The summed E-state index contributed by atoms with van der Waals surface area (Å²) in [6.07, 6.45) is 0.190. The first-order valence-corrected chi connectivity index (χ1v) is 18.6. The van der Waals surface area contributed by atoms with Crippen molar-refractivity contribution in [2.45, 2.75) is 64.0 Å². The van der Waals surface area contributed by atoms with Crippen LogP contribution in [0.1, 0.15) is 59.1 Å². The summed E-state index contributed by atoms with van der Waals surface area (Å²) in [5.74, 6) is -0.0972. The molecule has 8 heteroatoms. The van der Waals surface area contributed by atoms with Gasteiger partial charge < -0.3 is 25.2 Å². The minimum Gasteiger partial charge on any atom is -0.392 e. The molecule has 0 bridgehead atoms. The number of hydrogen-bond donors (Lipinski definition) is 3. The number of aliphatic hydroxyl groups is 1. The van der Waals surface area contributed by atoms with Gasteiger partial charge in [0.25, 0.3) is 0 Å². The molecule has 0 aromatic heterocycles. The average Bonchev–Trinajstić information content (AvgIpc) is 3.20. The molecule has 1 aliphatic rings. The first-order valence-electron chi connectivity index (χ1n) is 18.6. The maximum absolute atomic E-state index is 12.8. The lowest BCUT2D eigenvalue weighted by Crippen LogP contribution is -2.46. The van der Waals surface area contributed by atoms with Gasteiger partial charge in [0.05, 0.1) is 24.9 Å². The van der Waals surface area contributed by atoms with Crippen LogP contribution >= 0.6 is 0 Å². The Hall–Kier alpha value is -5.38. The second kappa shape index (κ2) is 17.2. The predicted octanol–water partition coefficient (Wildman–Crippen LogP) is 8.16. The lowest BCUT2D eigenvalue weighted by atomic mass is 9.96. The third kappa shape index (κ3) is 9.04. The van der Waals surface area contributed by atoms with Crippen LogP contribution in [0.2, 0.25) is 0 Å². The Kier molecular flexibility index (Phi) is 11.8. The van der Waals surface area contributed by atoms with Crippen molar-refractivity contribution in [2.24, 2.45) is 0 Å². The van der Waals surface area contributed by atoms with Gasteiger partial charge >= 0.3 is 6.03 Å². The van der Waals surface area contributed by atoms with Crippen molar-refractivity contribution in [3.63, 3.8) is 0 Å². The zero-order chi connectivity index (χ0) is 37.4. The van der Waals surface area contributed by atoms with Crippen LogP contribution in [0.3, 0.4) is 0 Å². The number of carbonyl (C=O) groups is 2. The van der Waals surface area contributed by atoms with Gasteiger partial charge in [0.15, 0.2) is 12.1 Å². The van der Waals surface area contributed by atoms with E-state index in [0.717, 1.165) is 34.4 Å². The fraction of sp³-hybridized carbons (Fsp3) is 0.261. The second-order valence-electron chi connectivity index (χ2n) is 14.3. The smallest absolute Gasteiger partial charge is 0.315 e. The van der Waals surface area contributed by atoms with Crippen molar-refractivity contribution in [3.8, 4) is 0 Å². The Morgan fingerprint density at radius 3 is 2.02 bits per heavy atom. The van der Waals surface area contributed by atoms with Gasteiger partial charge in [0.2, 0.25) is 0 Å². The van der Waals surface area contributed by atoms with E-state index in [1.807, 2.05) is 78.9 Å². The number of carbonyl (C=O) groups excluding carboxylic acids is 2. The highest BCUT2D eigenvalue weighted by molar-refractivity contribution is 6.02. The fourth-order valence-corrected chi connectivity index (χ4v) is 7.32. The zero-order valence-corrected chi connectivity index (χ0v) is 30.8. The van der Waals surface area contributed by atoms with E-state index in [1.165, 1.54) is 34.0 Å². The van der Waals surface area contributed by atoms with Gasteiger partial charge in [-0.2, -0.15) is 0 Å². The molecule has 0 radical (unpaired) electrons. The molecule has 2 amide bonds. The van der Waals surface area contributed by atoms with Gasteiger partial charge in [-0.05, 0) is 75.8 Å². The Bertz CT molecular complexity index is 2140. The number of rotatable bonds is 13. The number of nitrogens with one attached hydrogen (secondary N) is 2. The third-order valence-corrected chi connectivity index (χ3v) is 10.2. The summed E-state index contributed by atoms with van der Waals surface area (Å²) < 4.78 is 13.3. The van der Waals surface area contributed by atoms with Crippen molar-refractivity contribution in [3.05, 3.63) is 167 Å². The lowest BCUT2D eigenvalue weighted by molar-refractivity contribution is -0.252. The quantitative estimate of drug-likeness (QED) is 0.104. The minimum absolute atomic E-state index is 0.0122. The molecule has 54 heavy (non-hydrogen) atoms. The molecular formula is C46H47N3O5. The SMILES string of the molecule is CC(=O)C(Cc1ccccc1)NC(=O)NCc1ccc(C2OC(CN(C)Cc3c4ccccc4cc4ccccc34)CC(c3ccc(CO)cc3)O2)cc1. The Morgan fingerprint density at radius 1 is 0.759 bits per heavy atom. The van der Waals surface area contributed by atoms with Crippen LogP contribution < -0.4 is 10.6 Å². The first kappa shape index (κ1) is 37.0. The summed E-state index contributed by atoms with van der Waals surface area (Å²) in [5.41, 5.74) is 5.96. The number of urea groups is 1. The van der Waals surface area contributed by atoms with Gasteiger partial charge in [-0.15, -0.1) is 0 Å². The topological polar surface area (TPSA) is 100 Å². The molecule has 3 N–H and O–H groups in total. The van der Waals surface area contributed by atoms with Gasteiger partial charge in [0.1, 0.15) is 0 Å². The highest BCUT2D eigenvalue weighted by atomic mass is 16.7. The molecule has 4 unspecified atom stereocenters. The van der Waals surface area contributed by atoms with E-state index >= 15 is 0 Å². The molecule has 4 atom stereocenters. The van der Waals surface area contributed by atoms with E-state index in [2.05, 4.69) is 77.2 Å². The number of Topliss-reactive ketones (excluding diaryl/α,β-unsaturated/α-hetero) is 1. The molecule has 6 aromatic rings. The van der Waals surface area contributed by atoms with Crippen LogP contribution in [-0.4, -0.2) is 47.6 Å². The van der Waals surface area contributed by atoms with Crippen molar-refractivity contribution >= 4 is 33.4 Å². The number of amides is 2. The van der Waals surface area contributed by atoms with Crippen LogP contribution in [0.5, 0.6) is 0 Å². The Labute approximate surface area is 316 Å². The van der Waals surface area contributed by atoms with Crippen molar-refractivity contribution in [1.82, 2.24) is 15.5 Å². The highest BCUT2D eigenvalue weighted by Crippen LogP contribution is 2.38. The molecule has 0 saturated carbocycles. The molecule has 276 valence electrons. The van der Waals surface area contributed by atoms with Crippen molar-refractivity contribution < 1.29 is 24.2 Å². The predicted molar refractivity (Wildman–Crippen MR) is 213 cm³/mol. The standard InChI is InChI=1S/C46H47N3O5/c1-31(51)43(24-32-10-4-3-5-11-32)48-46(52)47-27-33-16-22-36(23-17-33)45-53-39(26-44(54-45)35-20-18-34(30-50)19-21-35)28-49(2)29-42-40-14-8-6-12-37(40)25-38-13-7-9-15-41(38)42/h3-23,25,39,43-45,50H,24,26-30H2,1-2H3,(H2,47,48,52). The Morgan fingerprint density at radius 2 is 1.37 bits per heavy atom. The molecule has 1 fully saturated rings. The lowest BCUT2D eigenvalue weighted by Gasteiger charge is -2.38. The molecule has 1 heterocycles. The van der Waals surface area contributed by atoms with Crippen LogP contribution in [0.4, 0.5) is 4.79 Å². The summed E-state index contributed by atoms with van der Waals surface area (Å²) in [7, 11) is 2.15. The molecular weight excluding hydrogens is 675 g/mol.